The Kier molecular flexibility index (Phi) is 6.95. The van der Waals surface area contributed by atoms with Crippen molar-refractivity contribution in [1.82, 2.24) is 4.98 Å². The average Bonchev–Trinajstić information content (AvgIpc) is 3.68. The fourth-order valence-corrected chi connectivity index (χ4v) is 6.04. The summed E-state index contributed by atoms with van der Waals surface area (Å²) in [5.41, 5.74) is 1.20. The summed E-state index contributed by atoms with van der Waals surface area (Å²) in [5.74, 6) is -1.13. The van der Waals surface area contributed by atoms with Crippen LogP contribution < -0.4 is 19.1 Å². The second-order valence-electron chi connectivity index (χ2n) is 9.38. The molecular weight excluding hydrogens is 560 g/mol. The molecule has 10 nitrogen and oxygen atoms in total. The van der Waals surface area contributed by atoms with Crippen molar-refractivity contribution < 1.29 is 38.4 Å². The number of carbonyl (C=O) groups excluding carboxylic acids is 2. The molecule has 0 saturated heterocycles. The number of thiazole rings is 1. The van der Waals surface area contributed by atoms with E-state index in [2.05, 4.69) is 4.98 Å². The number of furan rings is 1. The molecule has 0 fully saturated rings. The van der Waals surface area contributed by atoms with E-state index in [1.54, 1.807) is 49.4 Å². The number of aliphatic hydroxyl groups excluding tert-OH is 1. The number of rotatable bonds is 9. The van der Waals surface area contributed by atoms with Gasteiger partial charge in [0.25, 0.3) is 5.91 Å². The van der Waals surface area contributed by atoms with Gasteiger partial charge in [-0.1, -0.05) is 29.5 Å². The minimum absolute atomic E-state index is 0.0785. The molecule has 0 aliphatic carbocycles. The Labute approximate surface area is 244 Å². The van der Waals surface area contributed by atoms with Gasteiger partial charge in [0.2, 0.25) is 5.78 Å². The number of phenols is 1. The molecule has 3 aromatic carbocycles. The van der Waals surface area contributed by atoms with Crippen molar-refractivity contribution in [2.45, 2.75) is 19.9 Å². The highest BCUT2D eigenvalue weighted by atomic mass is 32.1. The monoisotopic (exact) mass is 586 g/mol. The van der Waals surface area contributed by atoms with E-state index < -0.39 is 23.5 Å². The third kappa shape index (κ3) is 4.47. The normalized spacial score (nSPS) is 15.2. The molecule has 0 saturated carbocycles. The van der Waals surface area contributed by atoms with Crippen LogP contribution in [0, 0.1) is 0 Å². The number of aliphatic hydroxyl groups is 1. The number of aromatic nitrogens is 1. The second-order valence-corrected chi connectivity index (χ2v) is 10.4. The first-order valence-electron chi connectivity index (χ1n) is 13.2. The number of amides is 1. The van der Waals surface area contributed by atoms with Gasteiger partial charge in [0.15, 0.2) is 39.5 Å². The Hall–Kier alpha value is -5.03. The lowest BCUT2D eigenvalue weighted by Gasteiger charge is -2.24. The van der Waals surface area contributed by atoms with E-state index in [1.165, 1.54) is 35.5 Å². The molecule has 1 unspecified atom stereocenters. The third-order valence-corrected chi connectivity index (χ3v) is 7.89. The lowest BCUT2D eigenvalue weighted by atomic mass is 9.95. The van der Waals surface area contributed by atoms with Gasteiger partial charge in [-0.05, 0) is 61.9 Å². The van der Waals surface area contributed by atoms with E-state index in [-0.39, 0.29) is 34.6 Å². The SMILES string of the molecule is CCOc1ccc2nc(N3C(=O)C(O)=C(C(=O)c4cc5cccc(OC)c5o4)C3c3ccc(O)c(OCC)c3)sc2c1. The van der Waals surface area contributed by atoms with Crippen molar-refractivity contribution in [3.63, 3.8) is 0 Å². The van der Waals surface area contributed by atoms with Crippen LogP contribution in [0.15, 0.2) is 76.4 Å². The molecule has 0 spiro atoms. The fraction of sp³-hybridized carbons (Fsp3) is 0.194. The van der Waals surface area contributed by atoms with Gasteiger partial charge in [0.05, 0.1) is 42.2 Å². The Balaban J connectivity index is 1.50. The van der Waals surface area contributed by atoms with Gasteiger partial charge in [0, 0.05) is 5.39 Å². The topological polar surface area (TPSA) is 132 Å². The van der Waals surface area contributed by atoms with Gasteiger partial charge < -0.3 is 28.8 Å². The quantitative estimate of drug-likeness (QED) is 0.190. The van der Waals surface area contributed by atoms with Crippen molar-refractivity contribution >= 4 is 49.3 Å². The molecule has 3 heterocycles. The standard InChI is InChI=1S/C31H26N2O8S/c1-4-39-18-10-11-19-24(15-18)42-31(32-19)33-26(16-9-12-20(34)22(13-16)40-5-2)25(28(36)30(33)37)27(35)23-14-17-7-6-8-21(38-3)29(17)41-23/h6-15,26,34,36H,4-5H2,1-3H3. The minimum Gasteiger partial charge on any atom is -0.504 e. The molecule has 1 aliphatic heterocycles. The van der Waals surface area contributed by atoms with Crippen molar-refractivity contribution in [1.29, 1.82) is 0 Å². The van der Waals surface area contributed by atoms with Crippen LogP contribution in [0.4, 0.5) is 5.13 Å². The number of methoxy groups -OCH3 is 1. The number of phenolic OH excluding ortho intramolecular Hbond substituents is 1. The minimum atomic E-state index is -1.10. The second kappa shape index (κ2) is 10.7. The highest BCUT2D eigenvalue weighted by Crippen LogP contribution is 2.46. The average molecular weight is 587 g/mol. The zero-order valence-electron chi connectivity index (χ0n) is 22.9. The predicted octanol–water partition coefficient (Wildman–Crippen LogP) is 6.34. The number of aromatic hydroxyl groups is 1. The van der Waals surface area contributed by atoms with Gasteiger partial charge in [-0.3, -0.25) is 14.5 Å². The van der Waals surface area contributed by atoms with Crippen LogP contribution in [-0.2, 0) is 4.79 Å². The van der Waals surface area contributed by atoms with Gasteiger partial charge in [-0.2, -0.15) is 0 Å². The molecular formula is C31H26N2O8S. The Morgan fingerprint density at radius 3 is 2.60 bits per heavy atom. The number of hydrogen-bond donors (Lipinski definition) is 2. The third-order valence-electron chi connectivity index (χ3n) is 6.87. The van der Waals surface area contributed by atoms with E-state index in [9.17, 15) is 19.8 Å². The van der Waals surface area contributed by atoms with Gasteiger partial charge in [-0.15, -0.1) is 0 Å². The predicted molar refractivity (Wildman–Crippen MR) is 157 cm³/mol. The number of benzene rings is 3. The summed E-state index contributed by atoms with van der Waals surface area (Å²) >= 11 is 1.22. The zero-order valence-corrected chi connectivity index (χ0v) is 23.7. The summed E-state index contributed by atoms with van der Waals surface area (Å²) < 4.78 is 23.2. The Bertz CT molecular complexity index is 1890. The largest absolute Gasteiger partial charge is 0.504 e. The highest BCUT2D eigenvalue weighted by Gasteiger charge is 2.47. The summed E-state index contributed by atoms with van der Waals surface area (Å²) in [6.07, 6.45) is 0. The molecule has 5 aromatic rings. The van der Waals surface area contributed by atoms with E-state index >= 15 is 0 Å². The molecule has 6 rings (SSSR count). The van der Waals surface area contributed by atoms with E-state index in [1.807, 2.05) is 13.0 Å². The molecule has 0 radical (unpaired) electrons. The summed E-state index contributed by atoms with van der Waals surface area (Å²) in [6, 6.07) is 15.6. The van der Waals surface area contributed by atoms with Crippen molar-refractivity contribution in [3.8, 4) is 23.0 Å². The lowest BCUT2D eigenvalue weighted by molar-refractivity contribution is -0.117. The van der Waals surface area contributed by atoms with Crippen molar-refractivity contribution in [2.24, 2.45) is 0 Å². The number of fused-ring (bicyclic) bond motifs is 2. The fourth-order valence-electron chi connectivity index (χ4n) is 5.02. The first-order valence-corrected chi connectivity index (χ1v) is 14.0. The first-order chi connectivity index (χ1) is 20.3. The number of anilines is 1. The first kappa shape index (κ1) is 27.2. The summed E-state index contributed by atoms with van der Waals surface area (Å²) in [5, 5.41) is 22.5. The smallest absolute Gasteiger partial charge is 0.296 e. The van der Waals surface area contributed by atoms with Gasteiger partial charge >= 0.3 is 0 Å². The Morgan fingerprint density at radius 1 is 1.02 bits per heavy atom. The Morgan fingerprint density at radius 2 is 1.83 bits per heavy atom. The van der Waals surface area contributed by atoms with Crippen LogP contribution in [0.2, 0.25) is 0 Å². The molecule has 0 bridgehead atoms. The number of carbonyl (C=O) groups is 2. The van der Waals surface area contributed by atoms with E-state index in [0.29, 0.717) is 40.2 Å². The van der Waals surface area contributed by atoms with Gasteiger partial charge in [0.1, 0.15) is 5.75 Å². The van der Waals surface area contributed by atoms with E-state index in [0.717, 1.165) is 4.70 Å². The summed E-state index contributed by atoms with van der Waals surface area (Å²) in [4.78, 5) is 33.7. The number of hydrogen-bond acceptors (Lipinski definition) is 10. The number of nitrogens with zero attached hydrogens (tertiary/aromatic N) is 2. The van der Waals surface area contributed by atoms with Crippen LogP contribution in [0.3, 0.4) is 0 Å². The molecule has 2 N–H and O–H groups in total. The van der Waals surface area contributed by atoms with Crippen LogP contribution in [0.1, 0.15) is 36.0 Å². The van der Waals surface area contributed by atoms with Crippen LogP contribution in [0.5, 0.6) is 23.0 Å². The number of para-hydroxylation sites is 1. The summed E-state index contributed by atoms with van der Waals surface area (Å²) in [7, 11) is 1.49. The number of ketones is 1. The van der Waals surface area contributed by atoms with Crippen LogP contribution >= 0.6 is 11.3 Å². The molecule has 1 atom stereocenters. The molecule has 11 heteroatoms. The molecule has 2 aromatic heterocycles. The van der Waals surface area contributed by atoms with Gasteiger partial charge in [-0.25, -0.2) is 4.98 Å². The van der Waals surface area contributed by atoms with E-state index in [4.69, 9.17) is 18.6 Å². The number of ether oxygens (including phenoxy) is 3. The summed E-state index contributed by atoms with van der Waals surface area (Å²) in [6.45, 7) is 4.42. The number of Topliss-reactive ketones (excluding diaryl/α,β-unsaturated/α-hetero) is 1. The molecule has 214 valence electrons. The maximum absolute atomic E-state index is 14.1. The maximum atomic E-state index is 14.1. The zero-order chi connectivity index (χ0) is 29.5. The van der Waals surface area contributed by atoms with Crippen LogP contribution in [0.25, 0.3) is 21.2 Å². The van der Waals surface area contributed by atoms with Crippen LogP contribution in [-0.4, -0.2) is 47.2 Å². The molecule has 1 aliphatic rings. The van der Waals surface area contributed by atoms with Crippen molar-refractivity contribution in [2.75, 3.05) is 25.2 Å². The molecule has 42 heavy (non-hydrogen) atoms. The highest BCUT2D eigenvalue weighted by molar-refractivity contribution is 7.22. The lowest BCUT2D eigenvalue weighted by Crippen LogP contribution is -2.31. The van der Waals surface area contributed by atoms with Crippen molar-refractivity contribution in [3.05, 3.63) is 83.3 Å². The molecule has 1 amide bonds. The maximum Gasteiger partial charge on any atom is 0.296 e.